The smallest absolute Gasteiger partial charge is 0.269 e. The van der Waals surface area contributed by atoms with E-state index >= 15 is 0 Å². The molecule has 2 rings (SSSR count). The predicted octanol–water partition coefficient (Wildman–Crippen LogP) is 4.09. The van der Waals surface area contributed by atoms with E-state index in [9.17, 15) is 20.2 Å². The Balaban J connectivity index is 1.62. The minimum Gasteiger partial charge on any atom is -0.381 e. The number of ether oxygens (including phenoxy) is 1. The number of benzene rings is 2. The maximum Gasteiger partial charge on any atom is 0.269 e. The number of nitro benzene ring substituents is 2. The SMILES string of the molecule is O=[N+]([O-])c1cccc(CCCOCCCc2cccc([N+](=O)[O-])c2)c1. The first kappa shape index (κ1) is 18.5. The van der Waals surface area contributed by atoms with E-state index in [1.54, 1.807) is 24.3 Å². The lowest BCUT2D eigenvalue weighted by Gasteiger charge is -2.05. The number of rotatable bonds is 10. The van der Waals surface area contributed by atoms with Crippen molar-refractivity contribution in [3.8, 4) is 0 Å². The molecular weight excluding hydrogens is 324 g/mol. The third-order valence-corrected chi connectivity index (χ3v) is 3.75. The molecule has 2 aromatic carbocycles. The summed E-state index contributed by atoms with van der Waals surface area (Å²) in [5, 5.41) is 21.4. The lowest BCUT2D eigenvalue weighted by Crippen LogP contribution is -2.01. The van der Waals surface area contributed by atoms with Crippen molar-refractivity contribution in [3.05, 3.63) is 79.9 Å². The molecular formula is C18H20N2O5. The molecule has 0 atom stereocenters. The lowest BCUT2D eigenvalue weighted by molar-refractivity contribution is -0.385. The Morgan fingerprint density at radius 3 is 1.60 bits per heavy atom. The van der Waals surface area contributed by atoms with Gasteiger partial charge in [0.25, 0.3) is 11.4 Å². The number of hydrogen-bond donors (Lipinski definition) is 0. The average Bonchev–Trinajstić information content (AvgIpc) is 2.61. The van der Waals surface area contributed by atoms with E-state index in [0.29, 0.717) is 13.2 Å². The van der Waals surface area contributed by atoms with Gasteiger partial charge in [0.15, 0.2) is 0 Å². The molecule has 0 unspecified atom stereocenters. The second kappa shape index (κ2) is 9.48. The summed E-state index contributed by atoms with van der Waals surface area (Å²) in [6.45, 7) is 1.16. The van der Waals surface area contributed by atoms with Crippen molar-refractivity contribution in [2.24, 2.45) is 0 Å². The fraction of sp³-hybridized carbons (Fsp3) is 0.333. The molecule has 0 fully saturated rings. The van der Waals surface area contributed by atoms with E-state index in [4.69, 9.17) is 4.74 Å². The Morgan fingerprint density at radius 1 is 0.760 bits per heavy atom. The normalized spacial score (nSPS) is 10.6. The van der Waals surface area contributed by atoms with E-state index in [-0.39, 0.29) is 11.4 Å². The van der Waals surface area contributed by atoms with Crippen LogP contribution in [-0.4, -0.2) is 23.1 Å². The Hall–Kier alpha value is -2.80. The van der Waals surface area contributed by atoms with Crippen LogP contribution in [0, 0.1) is 20.2 Å². The highest BCUT2D eigenvalue weighted by Gasteiger charge is 2.06. The average molecular weight is 344 g/mol. The van der Waals surface area contributed by atoms with Crippen molar-refractivity contribution in [2.45, 2.75) is 25.7 Å². The number of hydrogen-bond acceptors (Lipinski definition) is 5. The van der Waals surface area contributed by atoms with E-state index in [1.165, 1.54) is 12.1 Å². The van der Waals surface area contributed by atoms with Crippen LogP contribution < -0.4 is 0 Å². The van der Waals surface area contributed by atoms with Crippen molar-refractivity contribution >= 4 is 11.4 Å². The summed E-state index contributed by atoms with van der Waals surface area (Å²) in [5.74, 6) is 0. The topological polar surface area (TPSA) is 95.5 Å². The van der Waals surface area contributed by atoms with E-state index < -0.39 is 9.85 Å². The molecule has 0 N–H and O–H groups in total. The van der Waals surface area contributed by atoms with Gasteiger partial charge >= 0.3 is 0 Å². The van der Waals surface area contributed by atoms with Crippen molar-refractivity contribution < 1.29 is 14.6 Å². The molecule has 0 aliphatic carbocycles. The molecule has 0 spiro atoms. The van der Waals surface area contributed by atoms with Gasteiger partial charge in [0.2, 0.25) is 0 Å². The van der Waals surface area contributed by atoms with Gasteiger partial charge in [0.05, 0.1) is 9.85 Å². The standard InChI is InChI=1S/C18H20N2O5/c21-19(22)17-9-1-5-15(13-17)7-3-11-25-12-4-8-16-6-2-10-18(14-16)20(23)24/h1-2,5-6,9-10,13-14H,3-4,7-8,11-12H2. The van der Waals surface area contributed by atoms with Crippen LogP contribution in [0.4, 0.5) is 11.4 Å². The third-order valence-electron chi connectivity index (χ3n) is 3.75. The first-order chi connectivity index (χ1) is 12.1. The Kier molecular flexibility index (Phi) is 7.03. The van der Waals surface area contributed by atoms with Crippen molar-refractivity contribution in [3.63, 3.8) is 0 Å². The quantitative estimate of drug-likeness (QED) is 0.367. The zero-order valence-electron chi connectivity index (χ0n) is 13.8. The monoisotopic (exact) mass is 344 g/mol. The number of nitrogens with zero attached hydrogens (tertiary/aromatic N) is 2. The van der Waals surface area contributed by atoms with Gasteiger partial charge in [-0.25, -0.2) is 0 Å². The van der Waals surface area contributed by atoms with Gasteiger partial charge in [-0.15, -0.1) is 0 Å². The third kappa shape index (κ3) is 6.31. The predicted molar refractivity (Wildman–Crippen MR) is 93.7 cm³/mol. The van der Waals surface area contributed by atoms with Gasteiger partial charge in [0, 0.05) is 37.5 Å². The molecule has 0 aliphatic heterocycles. The number of non-ortho nitro benzene ring substituents is 2. The van der Waals surface area contributed by atoms with Crippen LogP contribution >= 0.6 is 0 Å². The lowest BCUT2D eigenvalue weighted by atomic mass is 10.1. The van der Waals surface area contributed by atoms with Crippen LogP contribution in [0.25, 0.3) is 0 Å². The van der Waals surface area contributed by atoms with Gasteiger partial charge < -0.3 is 4.74 Å². The summed E-state index contributed by atoms with van der Waals surface area (Å²) in [7, 11) is 0. The minimum absolute atomic E-state index is 0.107. The Morgan fingerprint density at radius 2 is 1.20 bits per heavy atom. The van der Waals surface area contributed by atoms with Crippen LogP contribution in [0.15, 0.2) is 48.5 Å². The highest BCUT2D eigenvalue weighted by molar-refractivity contribution is 5.35. The Bertz CT molecular complexity index is 671. The van der Waals surface area contributed by atoms with E-state index in [0.717, 1.165) is 36.8 Å². The van der Waals surface area contributed by atoms with Gasteiger partial charge in [-0.1, -0.05) is 24.3 Å². The molecule has 7 heteroatoms. The first-order valence-electron chi connectivity index (χ1n) is 8.10. The highest BCUT2D eigenvalue weighted by atomic mass is 16.6. The van der Waals surface area contributed by atoms with Crippen LogP contribution in [0.5, 0.6) is 0 Å². The summed E-state index contributed by atoms with van der Waals surface area (Å²) in [6.07, 6.45) is 3.04. The molecule has 0 bridgehead atoms. The van der Waals surface area contributed by atoms with Crippen molar-refractivity contribution in [1.82, 2.24) is 0 Å². The summed E-state index contributed by atoms with van der Waals surface area (Å²) in [5.41, 5.74) is 2.06. The number of nitro groups is 2. The number of aryl methyl sites for hydroxylation is 2. The molecule has 0 aliphatic rings. The molecule has 0 amide bonds. The van der Waals surface area contributed by atoms with Gasteiger partial charge in [-0.3, -0.25) is 20.2 Å². The van der Waals surface area contributed by atoms with Crippen LogP contribution in [0.1, 0.15) is 24.0 Å². The zero-order chi connectivity index (χ0) is 18.1. The fourth-order valence-corrected chi connectivity index (χ4v) is 2.51. The molecule has 25 heavy (non-hydrogen) atoms. The van der Waals surface area contributed by atoms with Gasteiger partial charge in [-0.2, -0.15) is 0 Å². The summed E-state index contributed by atoms with van der Waals surface area (Å²) >= 11 is 0. The molecule has 0 radical (unpaired) electrons. The van der Waals surface area contributed by atoms with Gasteiger partial charge in [-0.05, 0) is 36.8 Å². The molecule has 7 nitrogen and oxygen atoms in total. The highest BCUT2D eigenvalue weighted by Crippen LogP contribution is 2.15. The second-order valence-corrected chi connectivity index (χ2v) is 5.67. The molecule has 0 aromatic heterocycles. The summed E-state index contributed by atoms with van der Waals surface area (Å²) in [4.78, 5) is 20.7. The summed E-state index contributed by atoms with van der Waals surface area (Å²) in [6, 6.07) is 13.2. The minimum atomic E-state index is -0.395. The second-order valence-electron chi connectivity index (χ2n) is 5.67. The molecule has 132 valence electrons. The molecule has 0 saturated heterocycles. The van der Waals surface area contributed by atoms with Crippen LogP contribution in [0.3, 0.4) is 0 Å². The maximum absolute atomic E-state index is 10.7. The zero-order valence-corrected chi connectivity index (χ0v) is 13.8. The van der Waals surface area contributed by atoms with Crippen molar-refractivity contribution in [2.75, 3.05) is 13.2 Å². The largest absolute Gasteiger partial charge is 0.381 e. The molecule has 0 saturated carbocycles. The first-order valence-corrected chi connectivity index (χ1v) is 8.10. The Labute approximate surface area is 145 Å². The maximum atomic E-state index is 10.7. The van der Waals surface area contributed by atoms with E-state index in [2.05, 4.69) is 0 Å². The summed E-state index contributed by atoms with van der Waals surface area (Å²) < 4.78 is 5.56. The van der Waals surface area contributed by atoms with E-state index in [1.807, 2.05) is 12.1 Å². The molecule has 2 aromatic rings. The fourth-order valence-electron chi connectivity index (χ4n) is 2.51. The van der Waals surface area contributed by atoms with Crippen LogP contribution in [-0.2, 0) is 17.6 Å². The molecule has 0 heterocycles. The van der Waals surface area contributed by atoms with Gasteiger partial charge in [0.1, 0.15) is 0 Å². The van der Waals surface area contributed by atoms with Crippen LogP contribution in [0.2, 0.25) is 0 Å². The van der Waals surface area contributed by atoms with Crippen molar-refractivity contribution in [1.29, 1.82) is 0 Å².